The predicted molar refractivity (Wildman–Crippen MR) is 243 cm³/mol. The van der Waals surface area contributed by atoms with Crippen LogP contribution in [0.25, 0.3) is 11.2 Å². The zero-order chi connectivity index (χ0) is 47.9. The monoisotopic (exact) mass is 929 g/mol. The molecule has 0 saturated carbocycles. The SMILES string of the molecule is CCCCCCCCCCCCCCCCCC(=O)OCC(CCOC(=O)[C@@]1(n2cnc3c(=O)[nH]c(N)nc32)O[C@H](CO)[C@@H](O)[C@H]1O)COC(=O)[C@@H](NC(=O)OCc1ccccc1)C(C)C. The maximum Gasteiger partial charge on any atom is 0.408 e. The molecular formula is C47H72N6O13. The Morgan fingerprint density at radius 2 is 1.48 bits per heavy atom. The number of aliphatic hydroxyl groups is 3. The van der Waals surface area contributed by atoms with Crippen molar-refractivity contribution in [3.05, 3.63) is 52.6 Å². The van der Waals surface area contributed by atoms with Gasteiger partial charge in [-0.05, 0) is 24.3 Å². The van der Waals surface area contributed by atoms with Crippen LogP contribution in [0.4, 0.5) is 10.7 Å². The molecule has 1 aliphatic heterocycles. The summed E-state index contributed by atoms with van der Waals surface area (Å²) >= 11 is 0. The number of amides is 1. The first-order chi connectivity index (χ1) is 31.8. The van der Waals surface area contributed by atoms with E-state index in [1.54, 1.807) is 38.1 Å². The number of alkyl carbamates (subject to hydrolysis) is 1. The number of anilines is 1. The fraction of sp³-hybridized carbons (Fsp3) is 0.681. The highest BCUT2D eigenvalue weighted by molar-refractivity contribution is 5.83. The number of carbonyl (C=O) groups excluding carboxylic acids is 4. The van der Waals surface area contributed by atoms with Crippen LogP contribution in [0.15, 0.2) is 41.5 Å². The second-order valence-corrected chi connectivity index (χ2v) is 17.4. The van der Waals surface area contributed by atoms with E-state index in [2.05, 4.69) is 27.2 Å². The van der Waals surface area contributed by atoms with Crippen molar-refractivity contribution in [2.24, 2.45) is 11.8 Å². The highest BCUT2D eigenvalue weighted by atomic mass is 16.6. The molecule has 66 heavy (non-hydrogen) atoms. The van der Waals surface area contributed by atoms with Crippen molar-refractivity contribution in [2.45, 2.75) is 167 Å². The van der Waals surface area contributed by atoms with Crippen molar-refractivity contribution in [2.75, 3.05) is 32.2 Å². The zero-order valence-electron chi connectivity index (χ0n) is 38.8. The van der Waals surface area contributed by atoms with Crippen LogP contribution in [0.3, 0.4) is 0 Å². The molecule has 1 unspecified atom stereocenters. The molecule has 2 aromatic heterocycles. The third-order valence-electron chi connectivity index (χ3n) is 11.8. The summed E-state index contributed by atoms with van der Waals surface area (Å²) in [7, 11) is 0. The smallest absolute Gasteiger partial charge is 0.408 e. The standard InChI is InChI=1S/C47H72N6O13/c1-4-5-6-7-8-9-10-11-12-13-14-15-16-17-21-24-36(55)63-29-34(30-64-43(59)37(32(2)3)50-46(61)65-28-33-22-19-18-20-23-33)25-26-62-44(60)47(40(57)39(56)35(27-54)66-47)53-31-49-38-41(53)51-45(48)52-42(38)58/h18-20,22-23,31-32,34-35,37,39-40,54,56-57H,4-17,21,24-30H2,1-3H3,(H,50,61)(H3,48,51,52,58)/t34?,35-,37+,39-,40-,47+/m1/s1. The molecule has 4 rings (SSSR count). The Kier molecular flexibility index (Phi) is 22.8. The number of benzene rings is 1. The Morgan fingerprint density at radius 1 is 0.879 bits per heavy atom. The number of esters is 3. The van der Waals surface area contributed by atoms with E-state index in [1.165, 1.54) is 70.6 Å². The van der Waals surface area contributed by atoms with Gasteiger partial charge >= 0.3 is 24.0 Å². The van der Waals surface area contributed by atoms with Gasteiger partial charge in [0.2, 0.25) is 5.95 Å². The molecule has 0 spiro atoms. The molecule has 6 atom stereocenters. The largest absolute Gasteiger partial charge is 0.465 e. The van der Waals surface area contributed by atoms with Gasteiger partial charge in [-0.2, -0.15) is 4.98 Å². The number of ether oxygens (including phenoxy) is 5. The molecule has 0 radical (unpaired) electrons. The van der Waals surface area contributed by atoms with Gasteiger partial charge in [0.05, 0.1) is 26.4 Å². The third-order valence-corrected chi connectivity index (χ3v) is 11.8. The first kappa shape index (κ1) is 53.5. The van der Waals surface area contributed by atoms with E-state index in [-0.39, 0.29) is 49.8 Å². The Balaban J connectivity index is 1.33. The Hall–Kier alpha value is -5.11. The quantitative estimate of drug-likeness (QED) is 0.0271. The van der Waals surface area contributed by atoms with Crippen LogP contribution in [-0.2, 0) is 50.4 Å². The van der Waals surface area contributed by atoms with Gasteiger partial charge in [0.25, 0.3) is 11.3 Å². The number of nitrogens with two attached hydrogens (primary N) is 1. The minimum atomic E-state index is -2.58. The summed E-state index contributed by atoms with van der Waals surface area (Å²) in [4.78, 5) is 75.9. The van der Waals surface area contributed by atoms with Crippen LogP contribution < -0.4 is 16.6 Å². The lowest BCUT2D eigenvalue weighted by Crippen LogP contribution is -2.52. The number of nitrogen functional groups attached to an aromatic ring is 1. The highest BCUT2D eigenvalue weighted by Gasteiger charge is 2.62. The summed E-state index contributed by atoms with van der Waals surface area (Å²) in [6.45, 7) is 3.94. The fourth-order valence-corrected chi connectivity index (χ4v) is 7.83. The van der Waals surface area contributed by atoms with E-state index in [9.17, 15) is 39.3 Å². The van der Waals surface area contributed by atoms with Gasteiger partial charge in [-0.25, -0.2) is 19.4 Å². The van der Waals surface area contributed by atoms with E-state index < -0.39 is 84.7 Å². The summed E-state index contributed by atoms with van der Waals surface area (Å²) in [6, 6.07) is 7.94. The summed E-state index contributed by atoms with van der Waals surface area (Å²) < 4.78 is 28.9. The molecule has 7 N–H and O–H groups in total. The lowest BCUT2D eigenvalue weighted by molar-refractivity contribution is -0.201. The summed E-state index contributed by atoms with van der Waals surface area (Å²) in [6.07, 6.45) is 12.9. The van der Waals surface area contributed by atoms with E-state index in [0.717, 1.165) is 35.7 Å². The van der Waals surface area contributed by atoms with Crippen LogP contribution in [0.2, 0.25) is 0 Å². The summed E-state index contributed by atoms with van der Waals surface area (Å²) in [5.74, 6) is -3.92. The molecule has 368 valence electrons. The zero-order valence-corrected chi connectivity index (χ0v) is 38.8. The molecule has 0 bridgehead atoms. The Bertz CT molecular complexity index is 1990. The number of rotatable bonds is 31. The summed E-state index contributed by atoms with van der Waals surface area (Å²) in [5, 5.41) is 34.5. The first-order valence-corrected chi connectivity index (χ1v) is 23.7. The van der Waals surface area contributed by atoms with Crippen molar-refractivity contribution in [1.82, 2.24) is 24.8 Å². The number of H-pyrrole nitrogens is 1. The van der Waals surface area contributed by atoms with Crippen LogP contribution >= 0.6 is 0 Å². The van der Waals surface area contributed by atoms with Gasteiger partial charge in [0, 0.05) is 12.3 Å². The molecule has 3 aromatic rings. The highest BCUT2D eigenvalue weighted by Crippen LogP contribution is 2.38. The van der Waals surface area contributed by atoms with E-state index in [0.29, 0.717) is 6.42 Å². The number of carbonyl (C=O) groups is 4. The molecule has 1 aromatic carbocycles. The van der Waals surface area contributed by atoms with Crippen LogP contribution in [0, 0.1) is 11.8 Å². The minimum absolute atomic E-state index is 0.0129. The van der Waals surface area contributed by atoms with Crippen molar-refractivity contribution in [3.8, 4) is 0 Å². The van der Waals surface area contributed by atoms with Gasteiger partial charge < -0.3 is 50.1 Å². The predicted octanol–water partition coefficient (Wildman–Crippen LogP) is 5.32. The number of fused-ring (bicyclic) bond motifs is 1. The van der Waals surface area contributed by atoms with Gasteiger partial charge in [-0.1, -0.05) is 141 Å². The van der Waals surface area contributed by atoms with Crippen molar-refractivity contribution in [3.63, 3.8) is 0 Å². The normalized spacial score (nSPS) is 19.1. The number of aromatic amines is 1. The van der Waals surface area contributed by atoms with Gasteiger partial charge in [-0.3, -0.25) is 19.1 Å². The molecule has 0 aliphatic carbocycles. The van der Waals surface area contributed by atoms with Crippen LogP contribution in [-0.4, -0.2) is 110 Å². The minimum Gasteiger partial charge on any atom is -0.465 e. The Labute approximate surface area is 386 Å². The second-order valence-electron chi connectivity index (χ2n) is 17.4. The number of nitrogens with one attached hydrogen (secondary N) is 2. The number of aliphatic hydroxyl groups excluding tert-OH is 3. The van der Waals surface area contributed by atoms with E-state index in [1.807, 2.05) is 6.07 Å². The van der Waals surface area contributed by atoms with Gasteiger partial charge in [0.1, 0.15) is 37.3 Å². The molecule has 3 heterocycles. The molecule has 1 aliphatic rings. The lowest BCUT2D eigenvalue weighted by atomic mass is 10.0. The van der Waals surface area contributed by atoms with Crippen LogP contribution in [0.5, 0.6) is 0 Å². The Morgan fingerprint density at radius 3 is 2.08 bits per heavy atom. The third kappa shape index (κ3) is 16.0. The number of unbranched alkanes of at least 4 members (excludes halogenated alkanes) is 14. The molecular weight excluding hydrogens is 857 g/mol. The first-order valence-electron chi connectivity index (χ1n) is 23.7. The van der Waals surface area contributed by atoms with Crippen molar-refractivity contribution >= 4 is 41.1 Å². The van der Waals surface area contributed by atoms with Gasteiger partial charge in [0.15, 0.2) is 11.2 Å². The maximum atomic E-state index is 14.0. The number of aromatic nitrogens is 4. The number of hydrogen-bond acceptors (Lipinski definition) is 16. The number of nitrogens with zero attached hydrogens (tertiary/aromatic N) is 3. The number of imidazole rings is 1. The molecule has 1 fully saturated rings. The fourth-order valence-electron chi connectivity index (χ4n) is 7.83. The van der Waals surface area contributed by atoms with Crippen molar-refractivity contribution < 1.29 is 58.2 Å². The number of hydrogen-bond donors (Lipinski definition) is 6. The second kappa shape index (κ2) is 28.2. The van der Waals surface area contributed by atoms with Crippen LogP contribution in [0.1, 0.15) is 135 Å². The van der Waals surface area contributed by atoms with Gasteiger partial charge in [-0.15, -0.1) is 0 Å². The molecule has 19 heteroatoms. The topological polar surface area (TPSA) is 277 Å². The average molecular weight is 929 g/mol. The maximum absolute atomic E-state index is 14.0. The molecule has 1 amide bonds. The van der Waals surface area contributed by atoms with Crippen molar-refractivity contribution in [1.29, 1.82) is 0 Å². The lowest BCUT2D eigenvalue weighted by Gasteiger charge is -2.31. The average Bonchev–Trinajstić information content (AvgIpc) is 3.84. The molecule has 1 saturated heterocycles. The van der Waals surface area contributed by atoms with E-state index in [4.69, 9.17) is 29.4 Å². The summed E-state index contributed by atoms with van der Waals surface area (Å²) in [5.41, 5.74) is 2.65. The molecule has 19 nitrogen and oxygen atoms in total. The van der Waals surface area contributed by atoms with E-state index >= 15 is 0 Å².